The van der Waals surface area contributed by atoms with Gasteiger partial charge in [0.2, 0.25) is 0 Å². The quantitative estimate of drug-likeness (QED) is 0.694. The van der Waals surface area contributed by atoms with E-state index in [-0.39, 0.29) is 0 Å². The van der Waals surface area contributed by atoms with Crippen LogP contribution in [0.4, 0.5) is 0 Å². The molecule has 2 aromatic heterocycles. The van der Waals surface area contributed by atoms with Crippen molar-refractivity contribution in [3.05, 3.63) is 66.8 Å². The van der Waals surface area contributed by atoms with Crippen LogP contribution in [0.3, 0.4) is 0 Å². The fourth-order valence-electron chi connectivity index (χ4n) is 3.65. The maximum absolute atomic E-state index is 4.60. The predicted molar refractivity (Wildman–Crippen MR) is 95.8 cm³/mol. The number of imidazole rings is 1. The molecule has 6 heteroatoms. The lowest BCUT2D eigenvalue weighted by atomic mass is 9.98. The van der Waals surface area contributed by atoms with E-state index in [1.54, 1.807) is 6.33 Å². The van der Waals surface area contributed by atoms with Gasteiger partial charge in [-0.05, 0) is 30.9 Å². The van der Waals surface area contributed by atoms with Gasteiger partial charge in [0.25, 0.3) is 0 Å². The Morgan fingerprint density at radius 1 is 1.12 bits per heavy atom. The number of rotatable bonds is 6. The second-order valence-electron chi connectivity index (χ2n) is 6.82. The first-order valence-corrected chi connectivity index (χ1v) is 8.95. The molecule has 3 heterocycles. The molecule has 0 spiro atoms. The molecule has 0 bridgehead atoms. The average molecular weight is 336 g/mol. The van der Waals surface area contributed by atoms with Crippen molar-refractivity contribution in [3.63, 3.8) is 0 Å². The SMILES string of the molecule is c1ccc(Cn2ccnc2CN2CCC[C@@H](Cn3cncn3)C2)cc1. The topological polar surface area (TPSA) is 51.8 Å². The minimum Gasteiger partial charge on any atom is -0.329 e. The zero-order valence-electron chi connectivity index (χ0n) is 14.4. The van der Waals surface area contributed by atoms with Crippen molar-refractivity contribution >= 4 is 0 Å². The van der Waals surface area contributed by atoms with Gasteiger partial charge in [-0.1, -0.05) is 30.3 Å². The van der Waals surface area contributed by atoms with Crippen molar-refractivity contribution in [1.29, 1.82) is 0 Å². The molecule has 0 radical (unpaired) electrons. The van der Waals surface area contributed by atoms with Crippen molar-refractivity contribution in [2.75, 3.05) is 13.1 Å². The standard InChI is InChI=1S/C19H24N6/c1-2-5-17(6-3-1)12-24-10-8-21-19(24)14-23-9-4-7-18(11-23)13-25-16-20-15-22-25/h1-3,5-6,8,10,15-16,18H,4,7,9,11-14H2/t18-/m1/s1. The Kier molecular flexibility index (Phi) is 4.88. The van der Waals surface area contributed by atoms with E-state index in [1.807, 2.05) is 17.2 Å². The molecule has 3 aromatic rings. The molecule has 4 rings (SSSR count). The van der Waals surface area contributed by atoms with Gasteiger partial charge >= 0.3 is 0 Å². The molecule has 0 unspecified atom stereocenters. The highest BCUT2D eigenvalue weighted by atomic mass is 15.3. The second-order valence-corrected chi connectivity index (χ2v) is 6.82. The average Bonchev–Trinajstić information content (AvgIpc) is 3.29. The Morgan fingerprint density at radius 3 is 2.88 bits per heavy atom. The fourth-order valence-corrected chi connectivity index (χ4v) is 3.65. The summed E-state index contributed by atoms with van der Waals surface area (Å²) in [7, 11) is 0. The Labute approximate surface area is 148 Å². The molecule has 1 saturated heterocycles. The van der Waals surface area contributed by atoms with Gasteiger partial charge in [0.15, 0.2) is 0 Å². The van der Waals surface area contributed by atoms with Crippen molar-refractivity contribution in [1.82, 2.24) is 29.2 Å². The molecule has 6 nitrogen and oxygen atoms in total. The summed E-state index contributed by atoms with van der Waals surface area (Å²) in [5.41, 5.74) is 1.31. The van der Waals surface area contributed by atoms with Crippen LogP contribution in [0.25, 0.3) is 0 Å². The molecule has 1 aliphatic rings. The molecule has 0 N–H and O–H groups in total. The number of nitrogens with zero attached hydrogens (tertiary/aromatic N) is 6. The summed E-state index contributed by atoms with van der Waals surface area (Å²) in [4.78, 5) is 11.2. The lowest BCUT2D eigenvalue weighted by molar-refractivity contribution is 0.149. The lowest BCUT2D eigenvalue weighted by Crippen LogP contribution is -2.37. The maximum atomic E-state index is 4.60. The molecule has 0 saturated carbocycles. The first-order chi connectivity index (χ1) is 12.4. The van der Waals surface area contributed by atoms with Crippen molar-refractivity contribution in [2.24, 2.45) is 5.92 Å². The van der Waals surface area contributed by atoms with Gasteiger partial charge in [-0.2, -0.15) is 5.10 Å². The van der Waals surface area contributed by atoms with Gasteiger partial charge in [-0.25, -0.2) is 9.97 Å². The summed E-state index contributed by atoms with van der Waals surface area (Å²) in [5, 5.41) is 4.24. The van der Waals surface area contributed by atoms with E-state index in [9.17, 15) is 0 Å². The van der Waals surface area contributed by atoms with Crippen LogP contribution in [-0.4, -0.2) is 42.3 Å². The number of hydrogen-bond acceptors (Lipinski definition) is 4. The molecular weight excluding hydrogens is 312 g/mol. The van der Waals surface area contributed by atoms with Crippen molar-refractivity contribution in [2.45, 2.75) is 32.5 Å². The van der Waals surface area contributed by atoms with Gasteiger partial charge in [-0.15, -0.1) is 0 Å². The number of hydrogen-bond donors (Lipinski definition) is 0. The number of benzene rings is 1. The van der Waals surface area contributed by atoms with Crippen LogP contribution >= 0.6 is 0 Å². The highest BCUT2D eigenvalue weighted by Crippen LogP contribution is 2.20. The lowest BCUT2D eigenvalue weighted by Gasteiger charge is -2.32. The second kappa shape index (κ2) is 7.61. The van der Waals surface area contributed by atoms with Crippen molar-refractivity contribution < 1.29 is 0 Å². The van der Waals surface area contributed by atoms with E-state index in [0.29, 0.717) is 5.92 Å². The minimum atomic E-state index is 0.632. The van der Waals surface area contributed by atoms with Crippen LogP contribution < -0.4 is 0 Å². The predicted octanol–water partition coefficient (Wildman–Crippen LogP) is 2.44. The van der Waals surface area contributed by atoms with Crippen LogP contribution in [0.5, 0.6) is 0 Å². The summed E-state index contributed by atoms with van der Waals surface area (Å²) >= 11 is 0. The van der Waals surface area contributed by atoms with Crippen LogP contribution in [0.1, 0.15) is 24.2 Å². The van der Waals surface area contributed by atoms with Gasteiger partial charge in [-0.3, -0.25) is 9.58 Å². The molecule has 1 aliphatic heterocycles. The minimum absolute atomic E-state index is 0.632. The van der Waals surface area contributed by atoms with E-state index >= 15 is 0 Å². The van der Waals surface area contributed by atoms with E-state index in [1.165, 1.54) is 18.4 Å². The van der Waals surface area contributed by atoms with Crippen LogP contribution in [0.15, 0.2) is 55.4 Å². The molecule has 130 valence electrons. The molecule has 0 amide bonds. The van der Waals surface area contributed by atoms with Crippen LogP contribution in [-0.2, 0) is 19.6 Å². The zero-order valence-corrected chi connectivity index (χ0v) is 14.4. The molecule has 1 atom stereocenters. The molecular formula is C19H24N6. The van der Waals surface area contributed by atoms with Gasteiger partial charge in [0.05, 0.1) is 6.54 Å². The summed E-state index contributed by atoms with van der Waals surface area (Å²) in [5.74, 6) is 1.78. The highest BCUT2D eigenvalue weighted by Gasteiger charge is 2.21. The van der Waals surface area contributed by atoms with Gasteiger partial charge < -0.3 is 4.57 Å². The Hall–Kier alpha value is -2.47. The first kappa shape index (κ1) is 16.0. The monoisotopic (exact) mass is 336 g/mol. The normalized spacial score (nSPS) is 18.5. The van der Waals surface area contributed by atoms with Crippen molar-refractivity contribution in [3.8, 4) is 0 Å². The molecule has 25 heavy (non-hydrogen) atoms. The first-order valence-electron chi connectivity index (χ1n) is 8.95. The number of piperidine rings is 1. The maximum Gasteiger partial charge on any atom is 0.137 e. The van der Waals surface area contributed by atoms with E-state index < -0.39 is 0 Å². The number of aromatic nitrogens is 5. The van der Waals surface area contributed by atoms with E-state index in [0.717, 1.165) is 38.5 Å². The molecule has 1 fully saturated rings. The fraction of sp³-hybridized carbons (Fsp3) is 0.421. The van der Waals surface area contributed by atoms with E-state index in [4.69, 9.17) is 0 Å². The van der Waals surface area contributed by atoms with E-state index in [2.05, 4.69) is 61.1 Å². The zero-order chi connectivity index (χ0) is 16.9. The number of likely N-dealkylation sites (tertiary alicyclic amines) is 1. The molecule has 0 aliphatic carbocycles. The van der Waals surface area contributed by atoms with Gasteiger partial charge in [0.1, 0.15) is 18.5 Å². The largest absolute Gasteiger partial charge is 0.329 e. The summed E-state index contributed by atoms with van der Waals surface area (Å²) in [6, 6.07) is 10.6. The summed E-state index contributed by atoms with van der Waals surface area (Å²) in [6.07, 6.45) is 9.91. The third-order valence-corrected chi connectivity index (χ3v) is 4.88. The van der Waals surface area contributed by atoms with Gasteiger partial charge in [0, 0.05) is 32.0 Å². The third-order valence-electron chi connectivity index (χ3n) is 4.88. The highest BCUT2D eigenvalue weighted by molar-refractivity contribution is 5.15. The Bertz CT molecular complexity index is 764. The Morgan fingerprint density at radius 2 is 2.04 bits per heavy atom. The molecule has 1 aromatic carbocycles. The van der Waals surface area contributed by atoms with Crippen LogP contribution in [0.2, 0.25) is 0 Å². The smallest absolute Gasteiger partial charge is 0.137 e. The third kappa shape index (κ3) is 4.14. The van der Waals surface area contributed by atoms with Crippen LogP contribution in [0, 0.1) is 5.92 Å². The Balaban J connectivity index is 1.38. The summed E-state index contributed by atoms with van der Waals surface area (Å²) in [6.45, 7) is 4.99. The summed E-state index contributed by atoms with van der Waals surface area (Å²) < 4.78 is 4.21.